The van der Waals surface area contributed by atoms with E-state index < -0.39 is 0 Å². The van der Waals surface area contributed by atoms with Crippen molar-refractivity contribution in [2.24, 2.45) is 0 Å². The van der Waals surface area contributed by atoms with Crippen LogP contribution >= 0.6 is 0 Å². The summed E-state index contributed by atoms with van der Waals surface area (Å²) in [7, 11) is 0. The van der Waals surface area contributed by atoms with Crippen molar-refractivity contribution in [3.8, 4) is 34.0 Å². The van der Waals surface area contributed by atoms with Crippen LogP contribution in [-0.4, -0.2) is 19.1 Å². The molecule has 0 fully saturated rings. The van der Waals surface area contributed by atoms with Crippen molar-refractivity contribution < 1.29 is 0 Å². The fourth-order valence-corrected chi connectivity index (χ4v) is 8.68. The van der Waals surface area contributed by atoms with E-state index in [1.807, 2.05) is 0 Å². The first-order chi connectivity index (χ1) is 26.6. The lowest BCUT2D eigenvalue weighted by Gasteiger charge is -2.14. The van der Waals surface area contributed by atoms with E-state index in [-0.39, 0.29) is 0 Å². The summed E-state index contributed by atoms with van der Waals surface area (Å²) in [5.41, 5.74) is 13.4. The van der Waals surface area contributed by atoms with Crippen molar-refractivity contribution in [3.05, 3.63) is 181 Å². The molecule has 0 N–H and O–H groups in total. The molecule has 0 spiro atoms. The van der Waals surface area contributed by atoms with Gasteiger partial charge in [0.25, 0.3) is 0 Å². The van der Waals surface area contributed by atoms with Gasteiger partial charge in [0, 0.05) is 38.2 Å². The molecular weight excluding hydrogens is 657 g/mol. The van der Waals surface area contributed by atoms with E-state index >= 15 is 0 Å². The molecule has 0 radical (unpaired) electrons. The molecule has 0 unspecified atom stereocenters. The second kappa shape index (κ2) is 11.7. The van der Waals surface area contributed by atoms with Crippen LogP contribution in [0.25, 0.3) is 99.3 Å². The van der Waals surface area contributed by atoms with Crippen LogP contribution < -0.4 is 0 Å². The highest BCUT2D eigenvalue weighted by Gasteiger charge is 2.23. The third-order valence-corrected chi connectivity index (χ3v) is 11.2. The number of aryl methyl sites for hydroxylation is 2. The minimum atomic E-state index is 0.649. The highest BCUT2D eigenvalue weighted by Crippen LogP contribution is 2.43. The number of hydrogen-bond acceptors (Lipinski definition) is 2. The van der Waals surface area contributed by atoms with Gasteiger partial charge in [-0.1, -0.05) is 127 Å². The van der Waals surface area contributed by atoms with Crippen LogP contribution in [0.2, 0.25) is 0 Å². The fraction of sp³-hybridized carbons (Fsp3) is 0.0400. The molecule has 54 heavy (non-hydrogen) atoms. The molecule has 0 aliphatic rings. The molecule has 11 aromatic rings. The Bertz CT molecular complexity index is 3260. The second-order valence-corrected chi connectivity index (χ2v) is 14.3. The van der Waals surface area contributed by atoms with Crippen LogP contribution in [0, 0.1) is 13.8 Å². The predicted molar refractivity (Wildman–Crippen MR) is 226 cm³/mol. The molecule has 0 saturated heterocycles. The molecule has 0 amide bonds. The van der Waals surface area contributed by atoms with Gasteiger partial charge in [-0.15, -0.1) is 0 Å². The van der Waals surface area contributed by atoms with Crippen molar-refractivity contribution in [2.45, 2.75) is 13.8 Å². The van der Waals surface area contributed by atoms with Gasteiger partial charge in [-0.05, 0) is 89.3 Å². The number of aromatic nitrogens is 4. The first kappa shape index (κ1) is 30.6. The largest absolute Gasteiger partial charge is 0.309 e. The number of benzene rings is 8. The Balaban J connectivity index is 1.27. The van der Waals surface area contributed by atoms with Gasteiger partial charge in [-0.3, -0.25) is 4.57 Å². The maximum atomic E-state index is 5.50. The van der Waals surface area contributed by atoms with Gasteiger partial charge in [0.05, 0.1) is 33.3 Å². The molecule has 8 aromatic carbocycles. The lowest BCUT2D eigenvalue weighted by atomic mass is 9.92. The quantitative estimate of drug-likeness (QED) is 0.184. The normalized spacial score (nSPS) is 11.9. The fourth-order valence-electron chi connectivity index (χ4n) is 8.68. The Labute approximate surface area is 312 Å². The summed E-state index contributed by atoms with van der Waals surface area (Å²) in [4.78, 5) is 10.8. The summed E-state index contributed by atoms with van der Waals surface area (Å²) < 4.78 is 4.68. The topological polar surface area (TPSA) is 35.6 Å². The molecule has 0 aliphatic carbocycles. The van der Waals surface area contributed by atoms with E-state index in [1.165, 1.54) is 65.6 Å². The van der Waals surface area contributed by atoms with E-state index in [0.29, 0.717) is 5.95 Å². The van der Waals surface area contributed by atoms with E-state index in [4.69, 9.17) is 9.97 Å². The van der Waals surface area contributed by atoms with Crippen molar-refractivity contribution in [2.75, 3.05) is 0 Å². The molecular formula is C50H34N4. The Morgan fingerprint density at radius 1 is 0.426 bits per heavy atom. The van der Waals surface area contributed by atoms with Gasteiger partial charge in [-0.25, -0.2) is 9.97 Å². The van der Waals surface area contributed by atoms with E-state index in [2.05, 4.69) is 193 Å². The predicted octanol–water partition coefficient (Wildman–Crippen LogP) is 12.9. The summed E-state index contributed by atoms with van der Waals surface area (Å²) in [5.74, 6) is 0.649. The lowest BCUT2D eigenvalue weighted by Crippen LogP contribution is -2.04. The molecule has 0 bridgehead atoms. The minimum absolute atomic E-state index is 0.649. The van der Waals surface area contributed by atoms with Crippen molar-refractivity contribution in [3.63, 3.8) is 0 Å². The molecule has 11 rings (SSSR count). The first-order valence-electron chi connectivity index (χ1n) is 18.5. The molecule has 254 valence electrons. The number of nitrogens with zero attached hydrogens (tertiary/aromatic N) is 4. The zero-order valence-electron chi connectivity index (χ0n) is 30.0. The highest BCUT2D eigenvalue weighted by molar-refractivity contribution is 6.17. The first-order valence-corrected chi connectivity index (χ1v) is 18.5. The second-order valence-electron chi connectivity index (χ2n) is 14.3. The Morgan fingerprint density at radius 2 is 1.11 bits per heavy atom. The maximum absolute atomic E-state index is 5.50. The van der Waals surface area contributed by atoms with Gasteiger partial charge in [0.1, 0.15) is 0 Å². The van der Waals surface area contributed by atoms with Crippen LogP contribution in [0.4, 0.5) is 0 Å². The number of hydrogen-bond donors (Lipinski definition) is 0. The Hall–Kier alpha value is -7.04. The van der Waals surface area contributed by atoms with Crippen molar-refractivity contribution >= 4 is 65.3 Å². The highest BCUT2D eigenvalue weighted by atomic mass is 15.2. The number of para-hydroxylation sites is 3. The molecule has 3 heterocycles. The zero-order valence-corrected chi connectivity index (χ0v) is 30.0. The molecule has 0 aliphatic heterocycles. The van der Waals surface area contributed by atoms with Gasteiger partial charge >= 0.3 is 0 Å². The molecule has 3 aromatic heterocycles. The van der Waals surface area contributed by atoms with Gasteiger partial charge in [0.2, 0.25) is 5.95 Å². The third kappa shape index (κ3) is 4.50. The van der Waals surface area contributed by atoms with Crippen LogP contribution in [0.5, 0.6) is 0 Å². The third-order valence-electron chi connectivity index (χ3n) is 11.2. The summed E-state index contributed by atoms with van der Waals surface area (Å²) in [5, 5.41) is 8.27. The van der Waals surface area contributed by atoms with Crippen LogP contribution in [0.1, 0.15) is 11.1 Å². The summed E-state index contributed by atoms with van der Waals surface area (Å²) >= 11 is 0. The summed E-state index contributed by atoms with van der Waals surface area (Å²) in [6, 6.07) is 61.0. The summed E-state index contributed by atoms with van der Waals surface area (Å²) in [6.45, 7) is 4.43. The summed E-state index contributed by atoms with van der Waals surface area (Å²) in [6.07, 6.45) is 0. The molecule has 4 heteroatoms. The van der Waals surface area contributed by atoms with Crippen LogP contribution in [0.3, 0.4) is 0 Å². The maximum Gasteiger partial charge on any atom is 0.235 e. The van der Waals surface area contributed by atoms with Crippen LogP contribution in [0.15, 0.2) is 170 Å². The minimum Gasteiger partial charge on any atom is -0.309 e. The monoisotopic (exact) mass is 690 g/mol. The van der Waals surface area contributed by atoms with E-state index in [1.54, 1.807) is 0 Å². The van der Waals surface area contributed by atoms with Gasteiger partial charge in [-0.2, -0.15) is 0 Å². The van der Waals surface area contributed by atoms with Gasteiger partial charge in [0.15, 0.2) is 0 Å². The SMILES string of the molecule is Cc1ccccc1-c1c(C)ccc2c1c1ccc(-n3c4ccccc4c4ccccc43)cc1n2-c1nc(-c2ccc3ccccc3c2)c2ccccc2n1. The average molecular weight is 691 g/mol. The zero-order chi connectivity index (χ0) is 35.9. The van der Waals surface area contributed by atoms with Gasteiger partial charge < -0.3 is 4.57 Å². The molecule has 0 atom stereocenters. The van der Waals surface area contributed by atoms with Crippen molar-refractivity contribution in [1.82, 2.24) is 19.1 Å². The van der Waals surface area contributed by atoms with E-state index in [0.717, 1.165) is 38.9 Å². The Kier molecular flexibility index (Phi) is 6.65. The number of fused-ring (bicyclic) bond motifs is 8. The smallest absolute Gasteiger partial charge is 0.235 e. The number of rotatable bonds is 4. The molecule has 4 nitrogen and oxygen atoms in total. The Morgan fingerprint density at radius 3 is 1.91 bits per heavy atom. The van der Waals surface area contributed by atoms with Crippen molar-refractivity contribution in [1.29, 1.82) is 0 Å². The molecule has 0 saturated carbocycles. The lowest BCUT2D eigenvalue weighted by molar-refractivity contribution is 1.01. The average Bonchev–Trinajstić information content (AvgIpc) is 3.73. The van der Waals surface area contributed by atoms with E-state index in [9.17, 15) is 0 Å². The standard InChI is InChI=1S/C50H34N4/c1-31-13-3-6-16-37(31)47-32(2)23-28-45-48(47)41-27-26-36(53-43-21-11-8-17-38(43)39-18-9-12-22-44(39)53)30-46(41)54(45)50-51-42-20-10-7-19-40(42)49(52-50)35-25-24-33-14-4-5-15-34(33)29-35/h3-30H,1-2H3. The van der Waals surface area contributed by atoms with Crippen LogP contribution in [-0.2, 0) is 0 Å².